The molecule has 0 heterocycles. The first-order chi connectivity index (χ1) is 7.10. The number of alkyl halides is 1. The molecule has 1 rings (SSSR count). The van der Waals surface area contributed by atoms with E-state index >= 15 is 0 Å². The van der Waals surface area contributed by atoms with Crippen molar-refractivity contribution in [2.45, 2.75) is 0 Å². The highest BCUT2D eigenvalue weighted by molar-refractivity contribution is 6.29. The number of nitrogens with zero attached hydrogens (tertiary/aromatic N) is 1. The van der Waals surface area contributed by atoms with Gasteiger partial charge in [0.25, 0.3) is 0 Å². The van der Waals surface area contributed by atoms with Gasteiger partial charge in [-0.3, -0.25) is 4.79 Å². The molecule has 5 heteroatoms. The summed E-state index contributed by atoms with van der Waals surface area (Å²) in [6.45, 7) is 0. The molecule has 1 aromatic carbocycles. The number of hydrogen-bond donors (Lipinski definition) is 0. The molecule has 1 aromatic rings. The zero-order valence-electron chi connectivity index (χ0n) is 8.46. The molecule has 0 aliphatic rings. The van der Waals surface area contributed by atoms with E-state index in [2.05, 4.69) is 0 Å². The summed E-state index contributed by atoms with van der Waals surface area (Å²) in [4.78, 5) is 12.6. The van der Waals surface area contributed by atoms with Gasteiger partial charge in [-0.1, -0.05) is 0 Å². The minimum atomic E-state index is -0.415. The van der Waals surface area contributed by atoms with E-state index in [1.165, 1.54) is 30.2 Å². The molecular weight excluding hydrogens is 221 g/mol. The molecule has 0 bridgehead atoms. The molecule has 0 aromatic heterocycles. The van der Waals surface area contributed by atoms with Crippen LogP contribution in [-0.2, 0) is 4.79 Å². The average Bonchev–Trinajstić information content (AvgIpc) is 2.26. The van der Waals surface area contributed by atoms with Gasteiger partial charge in [-0.15, -0.1) is 11.6 Å². The summed E-state index contributed by atoms with van der Waals surface area (Å²) in [6.07, 6.45) is 0. The average molecular weight is 232 g/mol. The molecular formula is C10H11ClFNO2. The third-order valence-electron chi connectivity index (χ3n) is 1.99. The van der Waals surface area contributed by atoms with E-state index in [0.29, 0.717) is 11.4 Å². The zero-order chi connectivity index (χ0) is 11.4. The first-order valence-corrected chi connectivity index (χ1v) is 4.79. The molecule has 0 atom stereocenters. The number of hydrogen-bond acceptors (Lipinski definition) is 2. The Morgan fingerprint density at radius 2 is 2.27 bits per heavy atom. The monoisotopic (exact) mass is 231 g/mol. The predicted molar refractivity (Wildman–Crippen MR) is 57.1 cm³/mol. The van der Waals surface area contributed by atoms with E-state index in [1.807, 2.05) is 0 Å². The number of halogens is 2. The van der Waals surface area contributed by atoms with Crippen molar-refractivity contribution >= 4 is 23.2 Å². The minimum Gasteiger partial charge on any atom is -0.494 e. The van der Waals surface area contributed by atoms with Crippen LogP contribution in [0.2, 0.25) is 0 Å². The molecule has 3 nitrogen and oxygen atoms in total. The first kappa shape index (κ1) is 11.8. The van der Waals surface area contributed by atoms with Crippen molar-refractivity contribution in [1.29, 1.82) is 0 Å². The Hall–Kier alpha value is -1.29. The Bertz CT molecular complexity index is 370. The van der Waals surface area contributed by atoms with Gasteiger partial charge in [0, 0.05) is 13.1 Å². The summed E-state index contributed by atoms with van der Waals surface area (Å²) in [5, 5.41) is 0. The van der Waals surface area contributed by atoms with Crippen molar-refractivity contribution in [2.24, 2.45) is 0 Å². The van der Waals surface area contributed by atoms with Gasteiger partial charge in [0.15, 0.2) is 0 Å². The molecule has 0 unspecified atom stereocenters. The topological polar surface area (TPSA) is 29.5 Å². The third kappa shape index (κ3) is 2.59. The van der Waals surface area contributed by atoms with Crippen LogP contribution in [0.15, 0.2) is 18.2 Å². The van der Waals surface area contributed by atoms with Gasteiger partial charge in [0.05, 0.1) is 12.8 Å². The molecule has 1 amide bonds. The van der Waals surface area contributed by atoms with Crippen LogP contribution in [0.25, 0.3) is 0 Å². The quantitative estimate of drug-likeness (QED) is 0.745. The molecule has 0 saturated carbocycles. The van der Waals surface area contributed by atoms with Crippen LogP contribution < -0.4 is 9.64 Å². The number of rotatable bonds is 3. The molecule has 0 aliphatic heterocycles. The molecule has 82 valence electrons. The second-order valence-electron chi connectivity index (χ2n) is 2.90. The standard InChI is InChI=1S/C10H11ClFNO2/c1-13(10(14)6-11)8-4-3-7(12)5-9(8)15-2/h3-5H,6H2,1-2H3. The maximum atomic E-state index is 12.9. The molecule has 0 radical (unpaired) electrons. The number of carbonyl (C=O) groups excluding carboxylic acids is 1. The van der Waals surface area contributed by atoms with Gasteiger partial charge >= 0.3 is 0 Å². The molecule has 15 heavy (non-hydrogen) atoms. The maximum absolute atomic E-state index is 12.9. The highest BCUT2D eigenvalue weighted by atomic mass is 35.5. The highest BCUT2D eigenvalue weighted by Gasteiger charge is 2.14. The number of benzene rings is 1. The molecule has 0 aliphatic carbocycles. The van der Waals surface area contributed by atoms with Gasteiger partial charge in [0.2, 0.25) is 5.91 Å². The molecule has 0 N–H and O–H groups in total. The lowest BCUT2D eigenvalue weighted by Gasteiger charge is -2.18. The minimum absolute atomic E-state index is 0.128. The Balaban J connectivity index is 3.07. The molecule has 0 saturated heterocycles. The fourth-order valence-corrected chi connectivity index (χ4v) is 1.33. The van der Waals surface area contributed by atoms with Crippen molar-refractivity contribution in [3.05, 3.63) is 24.0 Å². The second-order valence-corrected chi connectivity index (χ2v) is 3.17. The van der Waals surface area contributed by atoms with Crippen LogP contribution in [0.4, 0.5) is 10.1 Å². The Morgan fingerprint density at radius 3 is 2.80 bits per heavy atom. The van der Waals surface area contributed by atoms with Crippen LogP contribution in [0.3, 0.4) is 0 Å². The summed E-state index contributed by atoms with van der Waals surface area (Å²) in [5.41, 5.74) is 0.490. The third-order valence-corrected chi connectivity index (χ3v) is 2.22. The van der Waals surface area contributed by atoms with Crippen LogP contribution in [-0.4, -0.2) is 25.9 Å². The van der Waals surface area contributed by atoms with Crippen molar-refractivity contribution in [3.8, 4) is 5.75 Å². The van der Waals surface area contributed by atoms with E-state index in [1.54, 1.807) is 7.05 Å². The van der Waals surface area contributed by atoms with E-state index in [9.17, 15) is 9.18 Å². The smallest absolute Gasteiger partial charge is 0.241 e. The van der Waals surface area contributed by atoms with Crippen molar-refractivity contribution in [1.82, 2.24) is 0 Å². The van der Waals surface area contributed by atoms with Crippen molar-refractivity contribution in [2.75, 3.05) is 24.9 Å². The Kier molecular flexibility index (Phi) is 3.91. The maximum Gasteiger partial charge on any atom is 0.241 e. The number of amides is 1. The lowest BCUT2D eigenvalue weighted by Crippen LogP contribution is -2.27. The largest absolute Gasteiger partial charge is 0.494 e. The summed E-state index contributed by atoms with van der Waals surface area (Å²) < 4.78 is 17.8. The van der Waals surface area contributed by atoms with E-state index in [0.717, 1.165) is 0 Å². The number of anilines is 1. The van der Waals surface area contributed by atoms with Crippen molar-refractivity contribution < 1.29 is 13.9 Å². The highest BCUT2D eigenvalue weighted by Crippen LogP contribution is 2.28. The number of ether oxygens (including phenoxy) is 1. The fourth-order valence-electron chi connectivity index (χ4n) is 1.15. The first-order valence-electron chi connectivity index (χ1n) is 4.26. The summed E-state index contributed by atoms with van der Waals surface area (Å²) in [6, 6.07) is 3.95. The Morgan fingerprint density at radius 1 is 1.60 bits per heavy atom. The summed E-state index contributed by atoms with van der Waals surface area (Å²) in [7, 11) is 2.97. The molecule has 0 fully saturated rings. The predicted octanol–water partition coefficient (Wildman–Crippen LogP) is 2.04. The zero-order valence-corrected chi connectivity index (χ0v) is 9.21. The van der Waals surface area contributed by atoms with Gasteiger partial charge in [-0.2, -0.15) is 0 Å². The van der Waals surface area contributed by atoms with Crippen LogP contribution in [0, 0.1) is 5.82 Å². The van der Waals surface area contributed by atoms with Gasteiger partial charge in [-0.25, -0.2) is 4.39 Å². The summed E-state index contributed by atoms with van der Waals surface area (Å²) >= 11 is 5.42. The second kappa shape index (κ2) is 4.98. The summed E-state index contributed by atoms with van der Waals surface area (Å²) in [5.74, 6) is -0.517. The van der Waals surface area contributed by atoms with E-state index in [-0.39, 0.29) is 11.8 Å². The SMILES string of the molecule is COc1cc(F)ccc1N(C)C(=O)CCl. The number of methoxy groups -OCH3 is 1. The van der Waals surface area contributed by atoms with Gasteiger partial charge in [-0.05, 0) is 12.1 Å². The van der Waals surface area contributed by atoms with Crippen LogP contribution in [0.5, 0.6) is 5.75 Å². The van der Waals surface area contributed by atoms with Crippen LogP contribution in [0.1, 0.15) is 0 Å². The van der Waals surface area contributed by atoms with E-state index < -0.39 is 5.82 Å². The van der Waals surface area contributed by atoms with Crippen LogP contribution >= 0.6 is 11.6 Å². The normalized spacial score (nSPS) is 9.87. The lowest BCUT2D eigenvalue weighted by atomic mass is 10.2. The van der Waals surface area contributed by atoms with Crippen molar-refractivity contribution in [3.63, 3.8) is 0 Å². The lowest BCUT2D eigenvalue weighted by molar-refractivity contribution is -0.116. The molecule has 0 spiro atoms. The van der Waals surface area contributed by atoms with Gasteiger partial charge in [0.1, 0.15) is 17.4 Å². The van der Waals surface area contributed by atoms with E-state index in [4.69, 9.17) is 16.3 Å². The Labute approximate surface area is 92.4 Å². The fraction of sp³-hybridized carbons (Fsp3) is 0.300. The van der Waals surface area contributed by atoms with Gasteiger partial charge < -0.3 is 9.64 Å². The number of carbonyl (C=O) groups is 1.